The van der Waals surface area contributed by atoms with Crippen molar-refractivity contribution in [2.75, 3.05) is 39.5 Å². The zero-order valence-corrected chi connectivity index (χ0v) is 12.2. The Balaban J connectivity index is 5.16. The molecule has 0 heterocycles. The molecule has 0 aromatic carbocycles. The molecule has 0 rings (SSSR count). The van der Waals surface area contributed by atoms with Crippen LogP contribution in [0.15, 0.2) is 10.2 Å². The lowest BCUT2D eigenvalue weighted by atomic mass is 10.2. The maximum atomic E-state index is 11.5. The molecule has 0 spiro atoms. The summed E-state index contributed by atoms with van der Waals surface area (Å²) >= 11 is 0. The molecular formula is C8H16N6O10. The Morgan fingerprint density at radius 1 is 0.667 bits per heavy atom. The van der Waals surface area contributed by atoms with Crippen molar-refractivity contribution in [3.63, 3.8) is 0 Å². The standard InChI is InChI=1S/C8H16N6O10/c15-3-7(4-16,13(21)22)11(19)9-1-2-10-12(20)8(5-17,6-18)14(23)24/h15-18H,1-6H2. The van der Waals surface area contributed by atoms with Gasteiger partial charge in [-0.05, 0) is 19.9 Å². The molecular weight excluding hydrogens is 340 g/mol. The Morgan fingerprint density at radius 3 is 1.08 bits per heavy atom. The van der Waals surface area contributed by atoms with Crippen LogP contribution in [0, 0.1) is 30.6 Å². The summed E-state index contributed by atoms with van der Waals surface area (Å²) in [4.78, 5) is 17.8. The molecule has 0 aliphatic rings. The molecule has 4 N–H and O–H groups in total. The molecule has 0 radical (unpaired) electrons. The molecule has 16 nitrogen and oxygen atoms in total. The summed E-state index contributed by atoms with van der Waals surface area (Å²) in [6.45, 7) is -6.74. The average molecular weight is 356 g/mol. The molecule has 0 bridgehead atoms. The second-order valence-corrected chi connectivity index (χ2v) is 4.39. The lowest BCUT2D eigenvalue weighted by Gasteiger charge is -2.17. The summed E-state index contributed by atoms with van der Waals surface area (Å²) in [5.74, 6) is 0. The fourth-order valence-electron chi connectivity index (χ4n) is 1.25. The van der Waals surface area contributed by atoms with E-state index in [2.05, 4.69) is 10.2 Å². The predicted molar refractivity (Wildman–Crippen MR) is 69.6 cm³/mol. The van der Waals surface area contributed by atoms with Crippen molar-refractivity contribution in [3.05, 3.63) is 30.6 Å². The number of nitrogens with zero attached hydrogens (tertiary/aromatic N) is 6. The van der Waals surface area contributed by atoms with E-state index in [0.29, 0.717) is 0 Å². The lowest BCUT2D eigenvalue weighted by molar-refractivity contribution is -0.820. The summed E-state index contributed by atoms with van der Waals surface area (Å²) in [6, 6.07) is 0. The van der Waals surface area contributed by atoms with E-state index in [1.54, 1.807) is 0 Å². The molecule has 0 aromatic heterocycles. The van der Waals surface area contributed by atoms with E-state index in [9.17, 15) is 30.6 Å². The fraction of sp³-hybridized carbons (Fsp3) is 1.00. The van der Waals surface area contributed by atoms with Gasteiger partial charge < -0.3 is 30.8 Å². The summed E-state index contributed by atoms with van der Waals surface area (Å²) in [5.41, 5.74) is -5.64. The van der Waals surface area contributed by atoms with Crippen molar-refractivity contribution in [2.45, 2.75) is 11.3 Å². The molecule has 0 aromatic rings. The smallest absolute Gasteiger partial charge is 0.483 e. The maximum Gasteiger partial charge on any atom is 0.483 e. The van der Waals surface area contributed by atoms with E-state index in [1.807, 2.05) is 0 Å². The minimum Gasteiger partial charge on any atom is -0.594 e. The Morgan fingerprint density at radius 2 is 0.917 bits per heavy atom. The Labute approximate surface area is 133 Å². The number of rotatable bonds is 11. The highest BCUT2D eigenvalue weighted by molar-refractivity contribution is 4.63. The Hall–Kier alpha value is -2.56. The van der Waals surface area contributed by atoms with Gasteiger partial charge in [0.15, 0.2) is 26.4 Å². The van der Waals surface area contributed by atoms with Crippen LogP contribution in [0.3, 0.4) is 0 Å². The molecule has 0 unspecified atom stereocenters. The van der Waals surface area contributed by atoms with Crippen LogP contribution >= 0.6 is 0 Å². The number of azo groups is 2. The highest BCUT2D eigenvalue weighted by Gasteiger charge is 2.54. The summed E-state index contributed by atoms with van der Waals surface area (Å²) in [6.07, 6.45) is 0. The van der Waals surface area contributed by atoms with Crippen LogP contribution in [0.25, 0.3) is 0 Å². The molecule has 0 aliphatic heterocycles. The summed E-state index contributed by atoms with van der Waals surface area (Å²) < 4.78 is 0. The molecule has 0 fully saturated rings. The third kappa shape index (κ3) is 4.04. The van der Waals surface area contributed by atoms with Crippen LogP contribution in [-0.4, -0.2) is 90.8 Å². The molecule has 24 heavy (non-hydrogen) atoms. The van der Waals surface area contributed by atoms with Gasteiger partial charge in [0.2, 0.25) is 0 Å². The molecule has 0 saturated heterocycles. The van der Waals surface area contributed by atoms with Crippen LogP contribution in [0.1, 0.15) is 0 Å². The Kier molecular flexibility index (Phi) is 7.96. The van der Waals surface area contributed by atoms with Gasteiger partial charge >= 0.3 is 11.3 Å². The van der Waals surface area contributed by atoms with Crippen LogP contribution in [-0.2, 0) is 0 Å². The number of nitro groups is 2. The minimum atomic E-state index is -2.82. The van der Waals surface area contributed by atoms with Gasteiger partial charge in [0.1, 0.15) is 22.9 Å². The molecule has 138 valence electrons. The monoisotopic (exact) mass is 356 g/mol. The third-order valence-corrected chi connectivity index (χ3v) is 2.96. The van der Waals surface area contributed by atoms with Gasteiger partial charge in [-0.1, -0.05) is 0 Å². The number of hydrogen-bond acceptors (Lipinski definition) is 12. The topological polar surface area (TPSA) is 244 Å². The van der Waals surface area contributed by atoms with Gasteiger partial charge in [-0.2, -0.15) is 0 Å². The van der Waals surface area contributed by atoms with Crippen molar-refractivity contribution in [1.82, 2.24) is 0 Å². The van der Waals surface area contributed by atoms with Crippen LogP contribution in [0.4, 0.5) is 0 Å². The average Bonchev–Trinajstić information content (AvgIpc) is 2.54. The minimum absolute atomic E-state index is 0.573. The highest BCUT2D eigenvalue weighted by atomic mass is 16.7. The zero-order chi connectivity index (χ0) is 19.0. The van der Waals surface area contributed by atoms with Gasteiger partial charge in [0.25, 0.3) is 0 Å². The zero-order valence-electron chi connectivity index (χ0n) is 12.2. The van der Waals surface area contributed by atoms with Gasteiger partial charge in [-0.25, -0.2) is 0 Å². The van der Waals surface area contributed by atoms with E-state index in [4.69, 9.17) is 20.4 Å². The normalized spacial score (nSPS) is 13.8. The first-order valence-corrected chi connectivity index (χ1v) is 6.20. The van der Waals surface area contributed by atoms with Crippen LogP contribution < -0.4 is 0 Å². The number of aliphatic hydroxyl groups excluding tert-OH is 4. The van der Waals surface area contributed by atoms with Crippen molar-refractivity contribution in [2.24, 2.45) is 10.2 Å². The summed E-state index contributed by atoms with van der Waals surface area (Å²) in [5, 5.41) is 86.1. The first kappa shape index (κ1) is 21.4. The lowest BCUT2D eigenvalue weighted by Crippen LogP contribution is -2.53. The van der Waals surface area contributed by atoms with Gasteiger partial charge in [-0.3, -0.25) is 20.2 Å². The van der Waals surface area contributed by atoms with Crippen molar-refractivity contribution < 1.29 is 40.0 Å². The maximum absolute atomic E-state index is 11.5. The number of hydrogen-bond donors (Lipinski definition) is 4. The number of aliphatic hydroxyl groups is 4. The quantitative estimate of drug-likeness (QED) is 0.0721. The molecule has 0 amide bonds. The summed E-state index contributed by atoms with van der Waals surface area (Å²) in [7, 11) is 0. The Bertz CT molecular complexity index is 467. The number of hydroxylamine groups is 2. The van der Waals surface area contributed by atoms with Crippen LogP contribution in [0.2, 0.25) is 0 Å². The van der Waals surface area contributed by atoms with Crippen molar-refractivity contribution in [1.29, 1.82) is 0 Å². The van der Waals surface area contributed by atoms with E-state index >= 15 is 0 Å². The van der Waals surface area contributed by atoms with Crippen molar-refractivity contribution >= 4 is 0 Å². The molecule has 16 heteroatoms. The predicted octanol–water partition coefficient (Wildman–Crippen LogP) is -3.17. The fourth-order valence-corrected chi connectivity index (χ4v) is 1.25. The van der Waals surface area contributed by atoms with Gasteiger partial charge in [0, 0.05) is 0 Å². The van der Waals surface area contributed by atoms with E-state index in [-0.39, 0.29) is 0 Å². The van der Waals surface area contributed by atoms with E-state index < -0.39 is 70.4 Å². The van der Waals surface area contributed by atoms with E-state index in [1.165, 1.54) is 0 Å². The first-order chi connectivity index (χ1) is 11.2. The second-order valence-electron chi connectivity index (χ2n) is 4.39. The van der Waals surface area contributed by atoms with Gasteiger partial charge in [-0.15, -0.1) is 0 Å². The first-order valence-electron chi connectivity index (χ1n) is 6.20. The molecule has 0 atom stereocenters. The van der Waals surface area contributed by atoms with Gasteiger partial charge in [0.05, 0.1) is 0 Å². The largest absolute Gasteiger partial charge is 0.594 e. The second kappa shape index (κ2) is 8.91. The molecule has 0 saturated carbocycles. The van der Waals surface area contributed by atoms with Crippen LogP contribution in [0.5, 0.6) is 0 Å². The molecule has 0 aliphatic carbocycles. The van der Waals surface area contributed by atoms with E-state index in [0.717, 1.165) is 0 Å². The highest BCUT2D eigenvalue weighted by Crippen LogP contribution is 2.11. The SMILES string of the molecule is O=[N+]([O-])C(CO)(CO)[N+]([O-])=NCCN=[N+]([O-])C(CO)(CO)[N+](=O)[O-]. The van der Waals surface area contributed by atoms with Crippen molar-refractivity contribution in [3.8, 4) is 0 Å². The third-order valence-electron chi connectivity index (χ3n) is 2.96.